The van der Waals surface area contributed by atoms with Crippen molar-refractivity contribution in [1.82, 2.24) is 0 Å². The van der Waals surface area contributed by atoms with E-state index in [2.05, 4.69) is 13.8 Å². The van der Waals surface area contributed by atoms with Gasteiger partial charge in [-0.15, -0.1) is 0 Å². The van der Waals surface area contributed by atoms with Gasteiger partial charge >= 0.3 is 11.9 Å². The van der Waals surface area contributed by atoms with E-state index >= 15 is 0 Å². The van der Waals surface area contributed by atoms with Crippen LogP contribution in [0, 0.1) is 16.7 Å². The van der Waals surface area contributed by atoms with Crippen molar-refractivity contribution in [2.75, 3.05) is 13.2 Å². The van der Waals surface area contributed by atoms with Gasteiger partial charge in [-0.3, -0.25) is 14.4 Å². The van der Waals surface area contributed by atoms with E-state index in [1.54, 1.807) is 13.2 Å². The Morgan fingerprint density at radius 3 is 2.45 bits per heavy atom. The summed E-state index contributed by atoms with van der Waals surface area (Å²) in [6, 6.07) is 0. The van der Waals surface area contributed by atoms with Gasteiger partial charge < -0.3 is 18.9 Å². The maximum Gasteiger partial charge on any atom is 0.303 e. The summed E-state index contributed by atoms with van der Waals surface area (Å²) in [4.78, 5) is 37.5. The Morgan fingerprint density at radius 1 is 1.10 bits per heavy atom. The van der Waals surface area contributed by atoms with Crippen LogP contribution in [0.2, 0.25) is 0 Å². The standard InChI is InChI=1S/C24H34O7/c1-16(25)29-14-20(3)7-6-8-21(4)18(20)13-19(27)22(5,30-17(2)26)24(21)10-9-23(31-24)11-12-28-15-23/h11-12,18H,6-10,13-15H2,1-5H3/t18-,20+,21-,22-,23+,24-/m0/s1. The van der Waals surface area contributed by atoms with Gasteiger partial charge in [0.15, 0.2) is 11.4 Å². The molecule has 7 nitrogen and oxygen atoms in total. The first-order valence-corrected chi connectivity index (χ1v) is 11.3. The van der Waals surface area contributed by atoms with E-state index in [0.717, 1.165) is 19.3 Å². The molecule has 2 heterocycles. The van der Waals surface area contributed by atoms with Crippen molar-refractivity contribution in [3.63, 3.8) is 0 Å². The van der Waals surface area contributed by atoms with Gasteiger partial charge in [0.25, 0.3) is 0 Å². The van der Waals surface area contributed by atoms with Crippen LogP contribution < -0.4 is 0 Å². The first kappa shape index (κ1) is 22.3. The van der Waals surface area contributed by atoms with Crippen LogP contribution in [0.15, 0.2) is 12.3 Å². The fraction of sp³-hybridized carbons (Fsp3) is 0.792. The molecule has 2 aliphatic carbocycles. The molecule has 4 rings (SSSR count). The Labute approximate surface area is 183 Å². The monoisotopic (exact) mass is 434 g/mol. The second-order valence-electron chi connectivity index (χ2n) is 10.6. The highest BCUT2D eigenvalue weighted by Crippen LogP contribution is 2.68. The molecular formula is C24H34O7. The summed E-state index contributed by atoms with van der Waals surface area (Å²) >= 11 is 0. The molecule has 31 heavy (non-hydrogen) atoms. The van der Waals surface area contributed by atoms with Crippen LogP contribution in [0.25, 0.3) is 0 Å². The van der Waals surface area contributed by atoms with Crippen molar-refractivity contribution in [2.45, 2.75) is 89.9 Å². The van der Waals surface area contributed by atoms with Gasteiger partial charge in [0.05, 0.1) is 12.9 Å². The van der Waals surface area contributed by atoms with Crippen molar-refractivity contribution >= 4 is 17.7 Å². The third kappa shape index (κ3) is 3.06. The quantitative estimate of drug-likeness (QED) is 0.628. The number of ketones is 1. The average Bonchev–Trinajstić information content (AvgIpc) is 3.30. The number of fused-ring (bicyclic) bond motifs is 2. The summed E-state index contributed by atoms with van der Waals surface area (Å²) in [5, 5.41) is 0. The van der Waals surface area contributed by atoms with Gasteiger partial charge in [0, 0.05) is 31.1 Å². The first-order valence-electron chi connectivity index (χ1n) is 11.3. The molecule has 0 amide bonds. The summed E-state index contributed by atoms with van der Waals surface area (Å²) in [6.07, 6.45) is 7.75. The SMILES string of the molecule is CC(=O)OC[C@@]1(C)CCC[C@@]2(C)[C@H]1CC(=O)[C@](C)(OC(C)=O)[C@]21CC[C@]2(C=COC2)O1. The lowest BCUT2D eigenvalue weighted by Crippen LogP contribution is -2.75. The highest BCUT2D eigenvalue weighted by Gasteiger charge is 2.76. The number of hydrogen-bond donors (Lipinski definition) is 0. The number of carbonyl (C=O) groups excluding carboxylic acids is 3. The average molecular weight is 435 g/mol. The Morgan fingerprint density at radius 2 is 1.84 bits per heavy atom. The summed E-state index contributed by atoms with van der Waals surface area (Å²) in [5.41, 5.74) is -3.79. The van der Waals surface area contributed by atoms with Crippen LogP contribution in [0.4, 0.5) is 0 Å². The molecule has 0 unspecified atom stereocenters. The van der Waals surface area contributed by atoms with Gasteiger partial charge in [-0.05, 0) is 44.6 Å². The molecule has 4 aliphatic rings. The van der Waals surface area contributed by atoms with Gasteiger partial charge in [0.2, 0.25) is 0 Å². The summed E-state index contributed by atoms with van der Waals surface area (Å²) < 4.78 is 23.7. The molecule has 0 bridgehead atoms. The zero-order chi connectivity index (χ0) is 22.7. The molecule has 3 fully saturated rings. The minimum absolute atomic E-state index is 0.0642. The molecule has 2 spiro atoms. The van der Waals surface area contributed by atoms with Crippen molar-refractivity contribution in [3.8, 4) is 0 Å². The lowest BCUT2D eigenvalue weighted by molar-refractivity contribution is -0.285. The van der Waals surface area contributed by atoms with Gasteiger partial charge in [-0.1, -0.05) is 20.3 Å². The van der Waals surface area contributed by atoms with Crippen LogP contribution in [0.5, 0.6) is 0 Å². The van der Waals surface area contributed by atoms with Crippen LogP contribution >= 0.6 is 0 Å². The van der Waals surface area contributed by atoms with Gasteiger partial charge in [-0.25, -0.2) is 0 Å². The molecule has 172 valence electrons. The number of ether oxygens (including phenoxy) is 4. The number of rotatable bonds is 3. The van der Waals surface area contributed by atoms with E-state index in [1.165, 1.54) is 13.8 Å². The highest BCUT2D eigenvalue weighted by molar-refractivity contribution is 5.92. The molecule has 0 radical (unpaired) electrons. The van der Waals surface area contributed by atoms with E-state index < -0.39 is 28.2 Å². The Hall–Kier alpha value is -1.89. The van der Waals surface area contributed by atoms with E-state index in [9.17, 15) is 14.4 Å². The number of esters is 2. The maximum absolute atomic E-state index is 13.7. The third-order valence-electron chi connectivity index (χ3n) is 8.70. The second-order valence-corrected chi connectivity index (χ2v) is 10.6. The molecule has 0 aromatic rings. The highest BCUT2D eigenvalue weighted by atomic mass is 16.6. The molecule has 2 aliphatic heterocycles. The predicted molar refractivity (Wildman–Crippen MR) is 111 cm³/mol. The third-order valence-corrected chi connectivity index (χ3v) is 8.70. The summed E-state index contributed by atoms with van der Waals surface area (Å²) in [7, 11) is 0. The fourth-order valence-corrected chi connectivity index (χ4v) is 7.15. The molecule has 1 saturated heterocycles. The van der Waals surface area contributed by atoms with Gasteiger partial charge in [-0.2, -0.15) is 0 Å². The van der Waals surface area contributed by atoms with Crippen LogP contribution in [0.1, 0.15) is 73.1 Å². The molecular weight excluding hydrogens is 400 g/mol. The lowest BCUT2D eigenvalue weighted by atomic mass is 9.42. The topological polar surface area (TPSA) is 88.1 Å². The summed E-state index contributed by atoms with van der Waals surface area (Å²) in [5.74, 6) is -0.996. The molecule has 2 saturated carbocycles. The van der Waals surface area contributed by atoms with E-state index in [1.807, 2.05) is 6.08 Å². The Bertz CT molecular complexity index is 836. The molecule has 0 N–H and O–H groups in total. The van der Waals surface area contributed by atoms with Gasteiger partial charge in [0.1, 0.15) is 17.8 Å². The fourth-order valence-electron chi connectivity index (χ4n) is 7.15. The molecule has 6 atom stereocenters. The van der Waals surface area contributed by atoms with Crippen molar-refractivity contribution in [2.24, 2.45) is 16.7 Å². The zero-order valence-corrected chi connectivity index (χ0v) is 19.2. The maximum atomic E-state index is 13.7. The minimum atomic E-state index is -1.39. The van der Waals surface area contributed by atoms with E-state index in [-0.39, 0.29) is 36.1 Å². The van der Waals surface area contributed by atoms with Crippen LogP contribution in [0.3, 0.4) is 0 Å². The summed E-state index contributed by atoms with van der Waals surface area (Å²) in [6.45, 7) is 9.43. The Balaban J connectivity index is 1.83. The van der Waals surface area contributed by atoms with Crippen molar-refractivity contribution in [1.29, 1.82) is 0 Å². The molecule has 0 aromatic heterocycles. The minimum Gasteiger partial charge on any atom is -0.498 e. The largest absolute Gasteiger partial charge is 0.498 e. The van der Waals surface area contributed by atoms with Crippen LogP contribution in [-0.2, 0) is 33.3 Å². The van der Waals surface area contributed by atoms with Crippen LogP contribution in [-0.4, -0.2) is 47.7 Å². The van der Waals surface area contributed by atoms with E-state index in [0.29, 0.717) is 19.4 Å². The molecule has 0 aromatic carbocycles. The van der Waals surface area contributed by atoms with Crippen molar-refractivity contribution in [3.05, 3.63) is 12.3 Å². The number of hydrogen-bond acceptors (Lipinski definition) is 7. The normalized spacial score (nSPS) is 46.1. The zero-order valence-electron chi connectivity index (χ0n) is 19.2. The smallest absolute Gasteiger partial charge is 0.303 e. The predicted octanol–water partition coefficient (Wildman–Crippen LogP) is 3.49. The number of carbonyl (C=O) groups is 3. The molecule has 7 heteroatoms. The van der Waals surface area contributed by atoms with Crippen molar-refractivity contribution < 1.29 is 33.3 Å². The lowest BCUT2D eigenvalue weighted by Gasteiger charge is -2.65. The second kappa shape index (κ2) is 7.06. The van der Waals surface area contributed by atoms with E-state index in [4.69, 9.17) is 18.9 Å². The number of Topliss-reactive ketones (excluding diaryl/α,β-unsaturated/α-hetero) is 1. The first-order chi connectivity index (χ1) is 14.4. The Kier molecular flexibility index (Phi) is 5.08.